The number of carbonyl (C=O) groups is 1. The van der Waals surface area contributed by atoms with E-state index in [0.29, 0.717) is 5.92 Å². The Labute approximate surface area is 175 Å². The number of rotatable bonds is 5. The minimum Gasteiger partial charge on any atom is -0.354 e. The van der Waals surface area contributed by atoms with Crippen LogP contribution >= 0.6 is 36.4 Å². The fourth-order valence-corrected chi connectivity index (χ4v) is 3.16. The number of hydrogen-bond acceptors (Lipinski definition) is 3. The van der Waals surface area contributed by atoms with Crippen LogP contribution in [0.4, 0.5) is 0 Å². The second-order valence-electron chi connectivity index (χ2n) is 7.90. The molecular weight excluding hydrogens is 393 g/mol. The number of nitrogens with zero attached hydrogens (tertiary/aromatic N) is 1. The molecule has 1 saturated heterocycles. The highest BCUT2D eigenvalue weighted by atomic mass is 35.5. The lowest BCUT2D eigenvalue weighted by molar-refractivity contribution is -0.124. The van der Waals surface area contributed by atoms with Crippen LogP contribution in [-0.2, 0) is 11.3 Å². The Balaban J connectivity index is 0.00000312. The van der Waals surface area contributed by atoms with E-state index in [-0.39, 0.29) is 36.1 Å². The van der Waals surface area contributed by atoms with E-state index in [0.717, 1.165) is 44.0 Å². The fraction of sp³-hybridized carbons (Fsp3) is 0.632. The van der Waals surface area contributed by atoms with E-state index in [9.17, 15) is 4.79 Å². The maximum atomic E-state index is 12.1. The SMILES string of the molecule is CC(C)(C)[C@H](N)C(=O)NCC1CCN(Cc2ccccc2Cl)CC1.Cl.Cl. The lowest BCUT2D eigenvalue weighted by Gasteiger charge is -2.33. The molecule has 1 fully saturated rings. The summed E-state index contributed by atoms with van der Waals surface area (Å²) in [6, 6.07) is 7.56. The first-order valence-corrected chi connectivity index (χ1v) is 9.14. The van der Waals surface area contributed by atoms with Gasteiger partial charge in [0, 0.05) is 18.1 Å². The molecule has 1 heterocycles. The predicted molar refractivity (Wildman–Crippen MR) is 114 cm³/mol. The zero-order chi connectivity index (χ0) is 17.7. The molecule has 0 saturated carbocycles. The van der Waals surface area contributed by atoms with Crippen molar-refractivity contribution in [1.82, 2.24) is 10.2 Å². The lowest BCUT2D eigenvalue weighted by atomic mass is 9.86. The van der Waals surface area contributed by atoms with Gasteiger partial charge in [-0.1, -0.05) is 50.6 Å². The standard InChI is InChI=1S/C19H30ClN3O.2ClH/c1-19(2,3)17(21)18(24)22-12-14-8-10-23(11-9-14)13-15-6-4-5-7-16(15)20;;/h4-7,14,17H,8-13,21H2,1-3H3,(H,22,24);2*1H/t17-;;/m1../s1. The number of benzene rings is 1. The van der Waals surface area contributed by atoms with Gasteiger partial charge in [0.05, 0.1) is 6.04 Å². The molecule has 1 aliphatic heterocycles. The van der Waals surface area contributed by atoms with Crippen LogP contribution in [0.25, 0.3) is 0 Å². The van der Waals surface area contributed by atoms with Gasteiger partial charge in [0.25, 0.3) is 0 Å². The molecule has 4 nitrogen and oxygen atoms in total. The maximum Gasteiger partial charge on any atom is 0.237 e. The zero-order valence-corrected chi connectivity index (χ0v) is 18.2. The van der Waals surface area contributed by atoms with Gasteiger partial charge in [-0.15, -0.1) is 24.8 Å². The smallest absolute Gasteiger partial charge is 0.237 e. The number of halogens is 3. The van der Waals surface area contributed by atoms with Crippen LogP contribution in [-0.4, -0.2) is 36.5 Å². The van der Waals surface area contributed by atoms with Gasteiger partial charge < -0.3 is 11.1 Å². The summed E-state index contributed by atoms with van der Waals surface area (Å²) in [4.78, 5) is 14.5. The highest BCUT2D eigenvalue weighted by Crippen LogP contribution is 2.22. The second kappa shape index (κ2) is 11.4. The zero-order valence-electron chi connectivity index (χ0n) is 15.8. The van der Waals surface area contributed by atoms with E-state index >= 15 is 0 Å². The normalized spacial score (nSPS) is 17.0. The Bertz CT molecular complexity index is 555. The topological polar surface area (TPSA) is 58.4 Å². The largest absolute Gasteiger partial charge is 0.354 e. The molecule has 1 amide bonds. The molecule has 1 aromatic carbocycles. The quantitative estimate of drug-likeness (QED) is 0.754. The van der Waals surface area contributed by atoms with E-state index in [1.54, 1.807) is 0 Å². The lowest BCUT2D eigenvalue weighted by Crippen LogP contribution is -2.50. The van der Waals surface area contributed by atoms with Crippen molar-refractivity contribution in [1.29, 1.82) is 0 Å². The highest BCUT2D eigenvalue weighted by Gasteiger charge is 2.28. The number of amides is 1. The molecule has 0 spiro atoms. The van der Waals surface area contributed by atoms with Crippen molar-refractivity contribution in [3.05, 3.63) is 34.9 Å². The van der Waals surface area contributed by atoms with E-state index in [1.165, 1.54) is 5.56 Å². The van der Waals surface area contributed by atoms with Crippen molar-refractivity contribution >= 4 is 42.3 Å². The summed E-state index contributed by atoms with van der Waals surface area (Å²) in [5.74, 6) is 0.490. The van der Waals surface area contributed by atoms with Gasteiger partial charge in [0.2, 0.25) is 5.91 Å². The molecule has 1 aliphatic rings. The average molecular weight is 425 g/mol. The monoisotopic (exact) mass is 423 g/mol. The Hall–Kier alpha value is -0.520. The summed E-state index contributed by atoms with van der Waals surface area (Å²) in [5, 5.41) is 3.86. The fourth-order valence-electron chi connectivity index (χ4n) is 2.96. The number of piperidine rings is 1. The summed E-state index contributed by atoms with van der Waals surface area (Å²) in [5.41, 5.74) is 6.98. The van der Waals surface area contributed by atoms with Crippen molar-refractivity contribution in [3.8, 4) is 0 Å². The van der Waals surface area contributed by atoms with Crippen LogP contribution in [0.15, 0.2) is 24.3 Å². The van der Waals surface area contributed by atoms with E-state index in [4.69, 9.17) is 17.3 Å². The Morgan fingerprint density at radius 3 is 2.38 bits per heavy atom. The minimum atomic E-state index is -0.460. The van der Waals surface area contributed by atoms with Crippen molar-refractivity contribution in [2.45, 2.75) is 46.2 Å². The first kappa shape index (κ1) is 25.5. The van der Waals surface area contributed by atoms with E-state index in [2.05, 4.69) is 16.3 Å². The molecule has 0 aromatic heterocycles. The molecule has 3 N–H and O–H groups in total. The Morgan fingerprint density at radius 2 is 1.85 bits per heavy atom. The van der Waals surface area contributed by atoms with Crippen molar-refractivity contribution in [2.75, 3.05) is 19.6 Å². The molecule has 150 valence electrons. The van der Waals surface area contributed by atoms with Gasteiger partial charge in [0.1, 0.15) is 0 Å². The highest BCUT2D eigenvalue weighted by molar-refractivity contribution is 6.31. The third kappa shape index (κ3) is 7.61. The van der Waals surface area contributed by atoms with E-state index < -0.39 is 6.04 Å². The third-order valence-electron chi connectivity index (χ3n) is 4.84. The summed E-state index contributed by atoms with van der Waals surface area (Å²) in [6.45, 7) is 9.67. The van der Waals surface area contributed by atoms with Crippen LogP contribution in [0.2, 0.25) is 5.02 Å². The maximum absolute atomic E-state index is 12.1. The van der Waals surface area contributed by atoms with Gasteiger partial charge in [-0.2, -0.15) is 0 Å². The molecule has 0 bridgehead atoms. The van der Waals surface area contributed by atoms with Gasteiger partial charge in [-0.05, 0) is 48.9 Å². The van der Waals surface area contributed by atoms with E-state index in [1.807, 2.05) is 39.0 Å². The molecule has 2 rings (SSSR count). The second-order valence-corrected chi connectivity index (χ2v) is 8.31. The van der Waals surface area contributed by atoms with Gasteiger partial charge >= 0.3 is 0 Å². The molecule has 0 radical (unpaired) electrons. The van der Waals surface area contributed by atoms with Gasteiger partial charge in [0.15, 0.2) is 0 Å². The Kier molecular flexibility index (Phi) is 11.1. The number of likely N-dealkylation sites (tertiary alicyclic amines) is 1. The molecule has 0 aliphatic carbocycles. The summed E-state index contributed by atoms with van der Waals surface area (Å²) in [6.07, 6.45) is 2.19. The molecule has 1 aromatic rings. The summed E-state index contributed by atoms with van der Waals surface area (Å²) in [7, 11) is 0. The first-order valence-electron chi connectivity index (χ1n) is 8.76. The summed E-state index contributed by atoms with van der Waals surface area (Å²) < 4.78 is 0. The number of nitrogens with two attached hydrogens (primary N) is 1. The average Bonchev–Trinajstić information content (AvgIpc) is 2.54. The molecule has 7 heteroatoms. The van der Waals surface area contributed by atoms with Crippen LogP contribution in [0.3, 0.4) is 0 Å². The van der Waals surface area contributed by atoms with Crippen molar-refractivity contribution in [2.24, 2.45) is 17.1 Å². The molecule has 1 atom stereocenters. The number of hydrogen-bond donors (Lipinski definition) is 2. The van der Waals surface area contributed by atoms with Crippen LogP contribution in [0.1, 0.15) is 39.2 Å². The molecular formula is C19H32Cl3N3O. The van der Waals surface area contributed by atoms with Gasteiger partial charge in [-0.3, -0.25) is 9.69 Å². The minimum absolute atomic E-state index is 0. The summed E-state index contributed by atoms with van der Waals surface area (Å²) >= 11 is 6.24. The van der Waals surface area contributed by atoms with Crippen LogP contribution in [0, 0.1) is 11.3 Å². The van der Waals surface area contributed by atoms with Crippen molar-refractivity contribution < 1.29 is 4.79 Å². The van der Waals surface area contributed by atoms with Crippen molar-refractivity contribution in [3.63, 3.8) is 0 Å². The first-order chi connectivity index (χ1) is 11.3. The molecule has 0 unspecified atom stereocenters. The third-order valence-corrected chi connectivity index (χ3v) is 5.21. The predicted octanol–water partition coefficient (Wildman–Crippen LogP) is 3.89. The Morgan fingerprint density at radius 1 is 1.27 bits per heavy atom. The van der Waals surface area contributed by atoms with Gasteiger partial charge in [-0.25, -0.2) is 0 Å². The number of carbonyl (C=O) groups excluding carboxylic acids is 1. The molecule has 26 heavy (non-hydrogen) atoms. The van der Waals surface area contributed by atoms with Crippen LogP contribution < -0.4 is 11.1 Å². The number of nitrogens with one attached hydrogen (secondary N) is 1. The van der Waals surface area contributed by atoms with Crippen LogP contribution in [0.5, 0.6) is 0 Å².